The van der Waals surface area contributed by atoms with Crippen LogP contribution >= 0.6 is 0 Å². The topological polar surface area (TPSA) is 24.9 Å². The van der Waals surface area contributed by atoms with Crippen molar-refractivity contribution in [3.8, 4) is 56.4 Å². The lowest BCUT2D eigenvalue weighted by Gasteiger charge is -2.31. The van der Waals surface area contributed by atoms with Crippen molar-refractivity contribution in [3.05, 3.63) is 288 Å². The highest BCUT2D eigenvalue weighted by Crippen LogP contribution is 2.65. The monoisotopic (exact) mass is 908 g/mol. The van der Waals surface area contributed by atoms with Gasteiger partial charge in [0.2, 0.25) is 0 Å². The molecule has 0 radical (unpaired) electrons. The Balaban J connectivity index is 0.756. The fourth-order valence-electron chi connectivity index (χ4n) is 12.5. The maximum absolute atomic E-state index is 7.06. The predicted molar refractivity (Wildman–Crippen MR) is 288 cm³/mol. The molecule has 0 saturated carbocycles. The number of hydrogen-bond acceptors (Lipinski definition) is 4. The zero-order chi connectivity index (χ0) is 46.6. The van der Waals surface area contributed by atoms with Crippen molar-refractivity contribution in [2.24, 2.45) is 0 Å². The number of anilines is 5. The van der Waals surface area contributed by atoms with Crippen molar-refractivity contribution >= 4 is 34.0 Å². The number of nitrogens with zero attached hydrogens (tertiary/aromatic N) is 2. The lowest BCUT2D eigenvalue weighted by Crippen LogP contribution is -2.25. The highest BCUT2D eigenvalue weighted by atomic mass is 16.6. The van der Waals surface area contributed by atoms with Crippen molar-refractivity contribution in [1.29, 1.82) is 0 Å². The standard InChI is InChI=1S/C67H44N2O2/c1-3-16-46(17-4-1)68(48-35-30-43(31-36-48)45-34-39-62-56(40-45)54-23-10-14-28-61(54)69(62)47-18-5-2-6-19-47)49-37-32-44(33-38-49)50-24-15-29-63-66(50)71-65-42-60-55(41-64(65)70-63)53-22-9-13-27-59(53)67(60)57-25-11-7-20-51(57)52-21-8-12-26-58(52)67/h1-39,41-42,56H,40H2. The Bertz CT molecular complexity index is 3810. The number of benzene rings is 10. The molecule has 10 aromatic rings. The van der Waals surface area contributed by atoms with Crippen molar-refractivity contribution < 1.29 is 9.47 Å². The number of para-hydroxylation sites is 4. The SMILES string of the molecule is C1=C(c2ccc(N(c3ccccc3)c3ccc(-c4cccc5c4Oc4cc6c(cc4O5)-c4ccccc4C64c5ccccc5-c5ccccc54)cc3)cc2)CC2C(=C1)N(c1ccccc1)c1ccccc12. The number of fused-ring (bicyclic) bond motifs is 15. The van der Waals surface area contributed by atoms with Crippen LogP contribution in [0.5, 0.6) is 23.0 Å². The molecule has 71 heavy (non-hydrogen) atoms. The third kappa shape index (κ3) is 5.85. The number of rotatable bonds is 6. The van der Waals surface area contributed by atoms with E-state index < -0.39 is 5.41 Å². The van der Waals surface area contributed by atoms with E-state index in [9.17, 15) is 0 Å². The Morgan fingerprint density at radius 2 is 0.958 bits per heavy atom. The summed E-state index contributed by atoms with van der Waals surface area (Å²) < 4.78 is 13.9. The molecule has 0 amide bonds. The summed E-state index contributed by atoms with van der Waals surface area (Å²) in [6.45, 7) is 0. The van der Waals surface area contributed by atoms with E-state index in [-0.39, 0.29) is 0 Å². The van der Waals surface area contributed by atoms with Crippen LogP contribution in [0.25, 0.3) is 39.0 Å². The van der Waals surface area contributed by atoms with Gasteiger partial charge in [0.15, 0.2) is 23.0 Å². The zero-order valence-electron chi connectivity index (χ0n) is 38.7. The lowest BCUT2D eigenvalue weighted by molar-refractivity contribution is 0.360. The van der Waals surface area contributed by atoms with Crippen LogP contribution < -0.4 is 19.3 Å². The first-order valence-corrected chi connectivity index (χ1v) is 24.6. The van der Waals surface area contributed by atoms with Crippen LogP contribution in [0.3, 0.4) is 0 Å². The third-order valence-electron chi connectivity index (χ3n) is 15.5. The highest BCUT2D eigenvalue weighted by Gasteiger charge is 2.52. The molecule has 0 N–H and O–H groups in total. The van der Waals surface area contributed by atoms with Gasteiger partial charge in [-0.15, -0.1) is 0 Å². The van der Waals surface area contributed by atoms with E-state index in [2.05, 4.69) is 252 Å². The Labute approximate surface area is 413 Å². The molecule has 334 valence electrons. The molecule has 10 aromatic carbocycles. The molecule has 0 aromatic heterocycles. The molecule has 0 saturated heterocycles. The number of allylic oxidation sites excluding steroid dienone is 4. The van der Waals surface area contributed by atoms with Gasteiger partial charge in [-0.1, -0.05) is 170 Å². The van der Waals surface area contributed by atoms with Gasteiger partial charge in [0.25, 0.3) is 0 Å². The third-order valence-corrected chi connectivity index (χ3v) is 15.5. The van der Waals surface area contributed by atoms with Crippen LogP contribution in [-0.4, -0.2) is 0 Å². The van der Waals surface area contributed by atoms with Crippen LogP contribution in [0, 0.1) is 0 Å². The Kier molecular flexibility index (Phi) is 8.67. The maximum atomic E-state index is 7.06. The Hall–Kier alpha value is -9.12. The quantitative estimate of drug-likeness (QED) is 0.166. The smallest absolute Gasteiger partial charge is 0.177 e. The van der Waals surface area contributed by atoms with Gasteiger partial charge in [0, 0.05) is 45.6 Å². The minimum Gasteiger partial charge on any atom is -0.449 e. The summed E-state index contributed by atoms with van der Waals surface area (Å²) in [6, 6.07) is 85.4. The molecule has 0 fully saturated rings. The van der Waals surface area contributed by atoms with Crippen LogP contribution in [0.15, 0.2) is 254 Å². The number of hydrogen-bond donors (Lipinski definition) is 0. The molecule has 2 aliphatic heterocycles. The second-order valence-corrected chi connectivity index (χ2v) is 19.1. The summed E-state index contributed by atoms with van der Waals surface area (Å²) in [5.41, 5.74) is 22.6. The molecule has 1 atom stereocenters. The summed E-state index contributed by atoms with van der Waals surface area (Å²) >= 11 is 0. The van der Waals surface area contributed by atoms with Gasteiger partial charge in [0.05, 0.1) is 5.41 Å². The summed E-state index contributed by atoms with van der Waals surface area (Å²) in [6.07, 6.45) is 5.60. The summed E-state index contributed by atoms with van der Waals surface area (Å²) in [5, 5.41) is 0. The summed E-state index contributed by atoms with van der Waals surface area (Å²) in [5.74, 6) is 3.15. The second kappa shape index (κ2) is 15.4. The van der Waals surface area contributed by atoms with E-state index in [4.69, 9.17) is 9.47 Å². The van der Waals surface area contributed by atoms with Crippen LogP contribution in [-0.2, 0) is 5.41 Å². The first kappa shape index (κ1) is 39.8. The van der Waals surface area contributed by atoms with Gasteiger partial charge in [-0.25, -0.2) is 0 Å². The van der Waals surface area contributed by atoms with Gasteiger partial charge in [-0.3, -0.25) is 0 Å². The maximum Gasteiger partial charge on any atom is 0.177 e. The van der Waals surface area contributed by atoms with Gasteiger partial charge in [-0.05, 0) is 152 Å². The summed E-state index contributed by atoms with van der Waals surface area (Å²) in [7, 11) is 0. The van der Waals surface area contributed by atoms with Crippen LogP contribution in [0.1, 0.15) is 45.7 Å². The molecule has 1 unspecified atom stereocenters. The van der Waals surface area contributed by atoms with Crippen LogP contribution in [0.2, 0.25) is 0 Å². The number of ether oxygens (including phenoxy) is 2. The first-order chi connectivity index (χ1) is 35.2. The fraction of sp³-hybridized carbons (Fsp3) is 0.0448. The van der Waals surface area contributed by atoms with E-state index >= 15 is 0 Å². The van der Waals surface area contributed by atoms with E-state index in [0.29, 0.717) is 17.4 Å². The normalized spacial score (nSPS) is 15.6. The first-order valence-electron chi connectivity index (χ1n) is 24.6. The van der Waals surface area contributed by atoms with Crippen LogP contribution in [0.4, 0.5) is 28.4 Å². The highest BCUT2D eigenvalue weighted by molar-refractivity contribution is 5.96. The minimum absolute atomic E-state index is 0.297. The van der Waals surface area contributed by atoms with Crippen molar-refractivity contribution in [1.82, 2.24) is 0 Å². The molecule has 15 rings (SSSR count). The van der Waals surface area contributed by atoms with Gasteiger partial charge >= 0.3 is 0 Å². The fourth-order valence-corrected chi connectivity index (χ4v) is 12.5. The van der Waals surface area contributed by atoms with Crippen molar-refractivity contribution in [2.45, 2.75) is 17.8 Å². The van der Waals surface area contributed by atoms with E-state index in [1.807, 2.05) is 6.07 Å². The molecule has 5 aliphatic rings. The van der Waals surface area contributed by atoms with Crippen molar-refractivity contribution in [3.63, 3.8) is 0 Å². The Morgan fingerprint density at radius 3 is 1.65 bits per heavy atom. The van der Waals surface area contributed by atoms with Gasteiger partial charge < -0.3 is 19.3 Å². The molecule has 0 bridgehead atoms. The molecule has 2 heterocycles. The molecule has 3 aliphatic carbocycles. The molecule has 1 spiro atoms. The van der Waals surface area contributed by atoms with E-state index in [0.717, 1.165) is 46.1 Å². The second-order valence-electron chi connectivity index (χ2n) is 19.1. The predicted octanol–water partition coefficient (Wildman–Crippen LogP) is 17.7. The van der Waals surface area contributed by atoms with Crippen molar-refractivity contribution in [2.75, 3.05) is 9.80 Å². The average molecular weight is 909 g/mol. The zero-order valence-corrected chi connectivity index (χ0v) is 38.7. The molecule has 4 heteroatoms. The summed E-state index contributed by atoms with van der Waals surface area (Å²) in [4.78, 5) is 4.76. The van der Waals surface area contributed by atoms with E-state index in [1.165, 1.54) is 78.3 Å². The Morgan fingerprint density at radius 1 is 0.408 bits per heavy atom. The minimum atomic E-state index is -0.472. The lowest BCUT2D eigenvalue weighted by atomic mass is 9.70. The average Bonchev–Trinajstić information content (AvgIpc) is 4.04. The van der Waals surface area contributed by atoms with E-state index in [1.54, 1.807) is 0 Å². The van der Waals surface area contributed by atoms with Gasteiger partial charge in [-0.2, -0.15) is 0 Å². The molecular formula is C67H44N2O2. The van der Waals surface area contributed by atoms with Gasteiger partial charge in [0.1, 0.15) is 0 Å². The molecular weight excluding hydrogens is 865 g/mol. The largest absolute Gasteiger partial charge is 0.449 e. The molecule has 4 nitrogen and oxygen atoms in total.